The number of rotatable bonds is 17. The molecule has 0 spiro atoms. The second kappa shape index (κ2) is 15.5. The molecule has 31 heavy (non-hydrogen) atoms. The van der Waals surface area contributed by atoms with Crippen molar-refractivity contribution in [3.8, 4) is 16.9 Å². The lowest BCUT2D eigenvalue weighted by molar-refractivity contribution is -0.117. The van der Waals surface area contributed by atoms with E-state index in [0.717, 1.165) is 35.5 Å². The van der Waals surface area contributed by atoms with E-state index in [1.54, 1.807) is 0 Å². The summed E-state index contributed by atoms with van der Waals surface area (Å²) in [6.07, 6.45) is 16.3. The fourth-order valence-corrected chi connectivity index (χ4v) is 4.01. The average molecular weight is 424 g/mol. The lowest BCUT2D eigenvalue weighted by atomic mass is 9.97. The number of hydrogen-bond donors (Lipinski definition) is 1. The van der Waals surface area contributed by atoms with Gasteiger partial charge in [-0.2, -0.15) is 0 Å². The number of nitrogens with two attached hydrogens (primary N) is 1. The first-order chi connectivity index (χ1) is 15.2. The van der Waals surface area contributed by atoms with Gasteiger partial charge >= 0.3 is 0 Å². The van der Waals surface area contributed by atoms with Crippen LogP contribution in [-0.2, 0) is 11.2 Å². The van der Waals surface area contributed by atoms with Crippen molar-refractivity contribution in [1.29, 1.82) is 0 Å². The lowest BCUT2D eigenvalue weighted by Gasteiger charge is -2.12. The van der Waals surface area contributed by atoms with Crippen molar-refractivity contribution in [1.82, 2.24) is 0 Å². The van der Waals surface area contributed by atoms with Gasteiger partial charge in [0.2, 0.25) is 5.91 Å². The minimum Gasteiger partial charge on any atom is -0.494 e. The highest BCUT2D eigenvalue weighted by atomic mass is 16.5. The summed E-state index contributed by atoms with van der Waals surface area (Å²) >= 11 is 0. The molecular weight excluding hydrogens is 382 g/mol. The molecule has 2 N–H and O–H groups in total. The predicted octanol–water partition coefficient (Wildman–Crippen LogP) is 7.46. The number of benzene rings is 2. The van der Waals surface area contributed by atoms with Gasteiger partial charge in [-0.15, -0.1) is 0 Å². The summed E-state index contributed by atoms with van der Waals surface area (Å²) < 4.78 is 6.00. The fraction of sp³-hybridized carbons (Fsp3) is 0.536. The Morgan fingerprint density at radius 1 is 0.774 bits per heavy atom. The smallest absolute Gasteiger partial charge is 0.221 e. The first-order valence-corrected chi connectivity index (χ1v) is 12.3. The van der Waals surface area contributed by atoms with Crippen molar-refractivity contribution in [2.45, 2.75) is 90.4 Å². The summed E-state index contributed by atoms with van der Waals surface area (Å²) in [6.45, 7) is 3.01. The van der Waals surface area contributed by atoms with Crippen LogP contribution < -0.4 is 10.5 Å². The molecule has 0 saturated carbocycles. The maximum Gasteiger partial charge on any atom is 0.221 e. The third-order valence-electron chi connectivity index (χ3n) is 5.80. The van der Waals surface area contributed by atoms with E-state index in [-0.39, 0.29) is 12.3 Å². The summed E-state index contributed by atoms with van der Waals surface area (Å²) in [5.74, 6) is 0.539. The topological polar surface area (TPSA) is 52.3 Å². The van der Waals surface area contributed by atoms with Crippen molar-refractivity contribution < 1.29 is 9.53 Å². The van der Waals surface area contributed by atoms with Gasteiger partial charge in [-0.1, -0.05) is 114 Å². The normalized spacial score (nSPS) is 10.9. The van der Waals surface area contributed by atoms with Crippen molar-refractivity contribution in [3.63, 3.8) is 0 Å². The molecule has 1 amide bonds. The van der Waals surface area contributed by atoms with Crippen LogP contribution in [0.15, 0.2) is 48.5 Å². The van der Waals surface area contributed by atoms with E-state index in [9.17, 15) is 4.79 Å². The zero-order valence-corrected chi connectivity index (χ0v) is 19.4. The van der Waals surface area contributed by atoms with Crippen molar-refractivity contribution >= 4 is 5.91 Å². The van der Waals surface area contributed by atoms with Crippen LogP contribution in [0.3, 0.4) is 0 Å². The van der Waals surface area contributed by atoms with Crippen LogP contribution in [0.1, 0.15) is 89.5 Å². The molecule has 0 radical (unpaired) electrons. The quantitative estimate of drug-likeness (QED) is 0.268. The minimum absolute atomic E-state index is 0.239. The van der Waals surface area contributed by atoms with Crippen LogP contribution in [0.2, 0.25) is 0 Å². The molecule has 0 saturated heterocycles. The van der Waals surface area contributed by atoms with Crippen molar-refractivity contribution in [3.05, 3.63) is 54.1 Å². The molecular formula is C28H41NO2. The van der Waals surface area contributed by atoms with Crippen LogP contribution in [0.4, 0.5) is 0 Å². The zero-order valence-electron chi connectivity index (χ0n) is 19.4. The first kappa shape index (κ1) is 25.0. The zero-order chi connectivity index (χ0) is 22.2. The maximum absolute atomic E-state index is 11.4. The van der Waals surface area contributed by atoms with Gasteiger partial charge < -0.3 is 10.5 Å². The molecule has 0 fully saturated rings. The number of hydrogen-bond acceptors (Lipinski definition) is 2. The largest absolute Gasteiger partial charge is 0.494 e. The van der Waals surface area contributed by atoms with Gasteiger partial charge in [0.25, 0.3) is 0 Å². The number of primary amides is 1. The van der Waals surface area contributed by atoms with Crippen LogP contribution in [-0.4, -0.2) is 12.5 Å². The number of carbonyl (C=O) groups is 1. The van der Waals surface area contributed by atoms with Gasteiger partial charge in [-0.05, 0) is 35.2 Å². The third kappa shape index (κ3) is 10.5. The summed E-state index contributed by atoms with van der Waals surface area (Å²) in [5.41, 5.74) is 8.47. The molecule has 2 aromatic rings. The summed E-state index contributed by atoms with van der Waals surface area (Å²) in [6, 6.07) is 16.0. The maximum atomic E-state index is 11.4. The standard InChI is InChI=1S/C28H41NO2/c1-2-3-4-5-6-7-8-9-10-11-12-16-21-31-26-20-19-25(22-28(29)30)27(23-26)24-17-14-13-15-18-24/h13-15,17-20,23H,2-12,16,21-22H2,1H3,(H2,29,30). The second-order valence-electron chi connectivity index (χ2n) is 8.57. The number of amides is 1. The molecule has 0 unspecified atom stereocenters. The van der Waals surface area contributed by atoms with Gasteiger partial charge in [0, 0.05) is 0 Å². The van der Waals surface area contributed by atoms with E-state index in [1.165, 1.54) is 70.6 Å². The highest BCUT2D eigenvalue weighted by molar-refractivity contribution is 5.81. The first-order valence-electron chi connectivity index (χ1n) is 12.3. The van der Waals surface area contributed by atoms with E-state index in [0.29, 0.717) is 0 Å². The number of carbonyl (C=O) groups excluding carboxylic acids is 1. The SMILES string of the molecule is CCCCCCCCCCCCCCOc1ccc(CC(N)=O)c(-c2ccccc2)c1. The Morgan fingerprint density at radius 2 is 1.35 bits per heavy atom. The number of unbranched alkanes of at least 4 members (excludes halogenated alkanes) is 11. The molecule has 3 heteroatoms. The molecule has 0 bridgehead atoms. The second-order valence-corrected chi connectivity index (χ2v) is 8.57. The molecule has 0 aromatic heterocycles. The predicted molar refractivity (Wildman–Crippen MR) is 131 cm³/mol. The van der Waals surface area contributed by atoms with Crippen molar-refractivity contribution in [2.75, 3.05) is 6.61 Å². The van der Waals surface area contributed by atoms with Gasteiger partial charge in [-0.25, -0.2) is 0 Å². The van der Waals surface area contributed by atoms with Crippen LogP contribution in [0, 0.1) is 0 Å². The van der Waals surface area contributed by atoms with E-state index in [1.807, 2.05) is 36.4 Å². The van der Waals surface area contributed by atoms with Crippen LogP contribution in [0.5, 0.6) is 5.75 Å². The van der Waals surface area contributed by atoms with Crippen LogP contribution in [0.25, 0.3) is 11.1 Å². The number of ether oxygens (including phenoxy) is 1. The molecule has 0 atom stereocenters. The molecule has 0 aliphatic heterocycles. The monoisotopic (exact) mass is 423 g/mol. The molecule has 170 valence electrons. The Kier molecular flexibility index (Phi) is 12.5. The van der Waals surface area contributed by atoms with E-state index in [4.69, 9.17) is 10.5 Å². The van der Waals surface area contributed by atoms with Gasteiger partial charge in [0.05, 0.1) is 13.0 Å². The Bertz CT molecular complexity index is 742. The van der Waals surface area contributed by atoms with Gasteiger partial charge in [0.15, 0.2) is 0 Å². The Balaban J connectivity index is 1.65. The van der Waals surface area contributed by atoms with Crippen molar-refractivity contribution in [2.24, 2.45) is 5.73 Å². The molecule has 2 aromatic carbocycles. The Hall–Kier alpha value is -2.29. The Morgan fingerprint density at radius 3 is 1.94 bits per heavy atom. The molecule has 0 aliphatic carbocycles. The third-order valence-corrected chi connectivity index (χ3v) is 5.80. The van der Waals surface area contributed by atoms with E-state index >= 15 is 0 Å². The molecule has 0 heterocycles. The highest BCUT2D eigenvalue weighted by Gasteiger charge is 2.09. The van der Waals surface area contributed by atoms with Gasteiger partial charge in [-0.3, -0.25) is 4.79 Å². The highest BCUT2D eigenvalue weighted by Crippen LogP contribution is 2.28. The average Bonchev–Trinajstić information content (AvgIpc) is 2.78. The van der Waals surface area contributed by atoms with E-state index in [2.05, 4.69) is 19.1 Å². The summed E-state index contributed by atoms with van der Waals surface area (Å²) in [7, 11) is 0. The van der Waals surface area contributed by atoms with E-state index < -0.39 is 0 Å². The fourth-order valence-electron chi connectivity index (χ4n) is 4.01. The molecule has 0 aliphatic rings. The lowest BCUT2D eigenvalue weighted by Crippen LogP contribution is -2.14. The Labute approximate surface area is 189 Å². The molecule has 3 nitrogen and oxygen atoms in total. The summed E-state index contributed by atoms with van der Waals surface area (Å²) in [5, 5.41) is 0. The van der Waals surface area contributed by atoms with Gasteiger partial charge in [0.1, 0.15) is 5.75 Å². The molecule has 2 rings (SSSR count). The summed E-state index contributed by atoms with van der Waals surface area (Å²) in [4.78, 5) is 11.4. The minimum atomic E-state index is -0.317. The van der Waals surface area contributed by atoms with Crippen LogP contribution >= 0.6 is 0 Å².